The molecule has 0 aliphatic carbocycles. The van der Waals surface area contributed by atoms with Gasteiger partial charge < -0.3 is 4.74 Å². The van der Waals surface area contributed by atoms with Crippen LogP contribution >= 0.6 is 15.9 Å². The largest absolute Gasteiger partial charge is 0.493 e. The molecule has 0 atom stereocenters. The smallest absolute Gasteiger partial charge is 0.277 e. The number of nitro groups is 1. The molecule has 0 bridgehead atoms. The minimum Gasteiger partial charge on any atom is -0.493 e. The van der Waals surface area contributed by atoms with Crippen LogP contribution in [-0.4, -0.2) is 11.5 Å². The zero-order valence-electron chi connectivity index (χ0n) is 8.40. The van der Waals surface area contributed by atoms with E-state index in [9.17, 15) is 10.1 Å². The van der Waals surface area contributed by atoms with E-state index in [0.29, 0.717) is 23.2 Å². The number of ether oxygens (including phenoxy) is 1. The van der Waals surface area contributed by atoms with Crippen LogP contribution in [0.2, 0.25) is 0 Å². The second-order valence-electron chi connectivity index (χ2n) is 3.03. The summed E-state index contributed by atoms with van der Waals surface area (Å²) < 4.78 is 5.33. The van der Waals surface area contributed by atoms with Gasteiger partial charge in [-0.2, -0.15) is 0 Å². The van der Waals surface area contributed by atoms with Crippen LogP contribution in [0.4, 0.5) is 5.69 Å². The van der Waals surface area contributed by atoms with Gasteiger partial charge >= 0.3 is 0 Å². The highest BCUT2D eigenvalue weighted by atomic mass is 79.9. The molecule has 5 heteroatoms. The normalized spacial score (nSPS) is 10.0. The van der Waals surface area contributed by atoms with E-state index >= 15 is 0 Å². The van der Waals surface area contributed by atoms with Crippen molar-refractivity contribution in [3.8, 4) is 5.75 Å². The summed E-state index contributed by atoms with van der Waals surface area (Å²) in [4.78, 5) is 10.3. The Morgan fingerprint density at radius 1 is 1.53 bits per heavy atom. The minimum atomic E-state index is -0.393. The third kappa shape index (κ3) is 3.20. The van der Waals surface area contributed by atoms with E-state index in [1.54, 1.807) is 12.1 Å². The lowest BCUT2D eigenvalue weighted by Gasteiger charge is -2.05. The summed E-state index contributed by atoms with van der Waals surface area (Å²) in [5, 5.41) is 11.2. The Hall–Kier alpha value is -1.10. The third-order valence-corrected chi connectivity index (χ3v) is 2.47. The number of rotatable bonds is 5. The molecule has 0 heterocycles. The van der Waals surface area contributed by atoms with Crippen LogP contribution in [0.15, 0.2) is 18.2 Å². The Labute approximate surface area is 96.5 Å². The van der Waals surface area contributed by atoms with Gasteiger partial charge in [-0.1, -0.05) is 22.9 Å². The lowest BCUT2D eigenvalue weighted by Crippen LogP contribution is -1.98. The summed E-state index contributed by atoms with van der Waals surface area (Å²) in [7, 11) is 0. The first-order valence-electron chi connectivity index (χ1n) is 4.65. The second kappa shape index (κ2) is 5.70. The van der Waals surface area contributed by atoms with Crippen LogP contribution in [0.1, 0.15) is 18.9 Å². The first-order chi connectivity index (χ1) is 7.19. The summed E-state index contributed by atoms with van der Waals surface area (Å²) in [5.41, 5.74) is 0.754. The number of hydrogen-bond acceptors (Lipinski definition) is 3. The molecule has 0 saturated carbocycles. The van der Waals surface area contributed by atoms with E-state index in [2.05, 4.69) is 15.9 Å². The molecule has 0 N–H and O–H groups in total. The molecule has 0 aliphatic rings. The molecular weight excluding hydrogens is 262 g/mol. The molecule has 0 fully saturated rings. The maximum Gasteiger partial charge on any atom is 0.277 e. The highest BCUT2D eigenvalue weighted by molar-refractivity contribution is 9.08. The molecule has 0 unspecified atom stereocenters. The topological polar surface area (TPSA) is 52.4 Å². The van der Waals surface area contributed by atoms with Crippen molar-refractivity contribution >= 4 is 21.6 Å². The number of nitrogens with zero attached hydrogens (tertiary/aromatic N) is 1. The maximum atomic E-state index is 10.7. The van der Waals surface area contributed by atoms with Crippen LogP contribution < -0.4 is 4.74 Å². The van der Waals surface area contributed by atoms with Crippen LogP contribution in [0.3, 0.4) is 0 Å². The molecule has 0 aromatic heterocycles. The standard InChI is InChI=1S/C10H12BrNO3/c1-2-5-15-9-4-3-8(7-11)10(6-9)12(13)14/h3-4,6H,2,5,7H2,1H3. The van der Waals surface area contributed by atoms with E-state index < -0.39 is 4.92 Å². The molecule has 1 aromatic carbocycles. The molecule has 82 valence electrons. The Bertz CT molecular complexity index is 355. The zero-order chi connectivity index (χ0) is 11.3. The van der Waals surface area contributed by atoms with Gasteiger partial charge in [-0.25, -0.2) is 0 Å². The first kappa shape index (κ1) is 12.0. The van der Waals surface area contributed by atoms with Crippen LogP contribution in [0.5, 0.6) is 5.75 Å². The van der Waals surface area contributed by atoms with Gasteiger partial charge in [-0.05, 0) is 18.6 Å². The summed E-state index contributed by atoms with van der Waals surface area (Å²) >= 11 is 3.21. The Morgan fingerprint density at radius 3 is 2.80 bits per heavy atom. The maximum absolute atomic E-state index is 10.7. The van der Waals surface area contributed by atoms with Crippen molar-refractivity contribution in [3.05, 3.63) is 33.9 Å². The first-order valence-corrected chi connectivity index (χ1v) is 5.77. The molecule has 0 radical (unpaired) electrons. The molecule has 1 rings (SSSR count). The molecule has 0 spiro atoms. The molecule has 1 aromatic rings. The van der Waals surface area contributed by atoms with E-state index in [1.807, 2.05) is 6.92 Å². The number of hydrogen-bond donors (Lipinski definition) is 0. The average molecular weight is 274 g/mol. The van der Waals surface area contributed by atoms with Gasteiger partial charge in [0.1, 0.15) is 5.75 Å². The van der Waals surface area contributed by atoms with Gasteiger partial charge in [0, 0.05) is 10.9 Å². The van der Waals surface area contributed by atoms with Crippen LogP contribution in [0, 0.1) is 10.1 Å². The molecule has 0 amide bonds. The fourth-order valence-electron chi connectivity index (χ4n) is 1.14. The average Bonchev–Trinajstić information content (AvgIpc) is 2.25. The van der Waals surface area contributed by atoms with E-state index in [0.717, 1.165) is 6.42 Å². The molecule has 0 saturated heterocycles. The molecule has 15 heavy (non-hydrogen) atoms. The highest BCUT2D eigenvalue weighted by Gasteiger charge is 2.13. The van der Waals surface area contributed by atoms with Gasteiger partial charge in [0.25, 0.3) is 5.69 Å². The molecule has 0 aliphatic heterocycles. The number of alkyl halides is 1. The summed E-state index contributed by atoms with van der Waals surface area (Å²) in [6.45, 7) is 2.56. The van der Waals surface area contributed by atoms with Crippen molar-refractivity contribution < 1.29 is 9.66 Å². The zero-order valence-corrected chi connectivity index (χ0v) is 9.99. The number of nitro benzene ring substituents is 1. The quantitative estimate of drug-likeness (QED) is 0.470. The SMILES string of the molecule is CCCOc1ccc(CBr)c([N+](=O)[O-])c1. The number of halogens is 1. The van der Waals surface area contributed by atoms with Crippen molar-refractivity contribution in [2.75, 3.05) is 6.61 Å². The van der Waals surface area contributed by atoms with Crippen molar-refractivity contribution in [3.63, 3.8) is 0 Å². The Kier molecular flexibility index (Phi) is 4.55. The molecule has 4 nitrogen and oxygen atoms in total. The van der Waals surface area contributed by atoms with E-state index in [-0.39, 0.29) is 5.69 Å². The van der Waals surface area contributed by atoms with Crippen LogP contribution in [0.25, 0.3) is 0 Å². The van der Waals surface area contributed by atoms with Crippen molar-refractivity contribution in [2.45, 2.75) is 18.7 Å². The third-order valence-electron chi connectivity index (χ3n) is 1.87. The molecular formula is C10H12BrNO3. The van der Waals surface area contributed by atoms with Crippen molar-refractivity contribution in [1.82, 2.24) is 0 Å². The monoisotopic (exact) mass is 273 g/mol. The Morgan fingerprint density at radius 2 is 2.27 bits per heavy atom. The van der Waals surface area contributed by atoms with Crippen molar-refractivity contribution in [1.29, 1.82) is 0 Å². The fraction of sp³-hybridized carbons (Fsp3) is 0.400. The predicted octanol–water partition coefficient (Wildman–Crippen LogP) is 3.28. The summed E-state index contributed by atoms with van der Waals surface area (Å²) in [6, 6.07) is 4.92. The fourth-order valence-corrected chi connectivity index (χ4v) is 1.61. The summed E-state index contributed by atoms with van der Waals surface area (Å²) in [5.74, 6) is 0.549. The van der Waals surface area contributed by atoms with E-state index in [1.165, 1.54) is 6.07 Å². The summed E-state index contributed by atoms with van der Waals surface area (Å²) in [6.07, 6.45) is 0.883. The van der Waals surface area contributed by atoms with Gasteiger partial charge in [0.2, 0.25) is 0 Å². The lowest BCUT2D eigenvalue weighted by molar-refractivity contribution is -0.385. The van der Waals surface area contributed by atoms with Crippen molar-refractivity contribution in [2.24, 2.45) is 0 Å². The van der Waals surface area contributed by atoms with Crippen LogP contribution in [-0.2, 0) is 5.33 Å². The van der Waals surface area contributed by atoms with Gasteiger partial charge in [-0.15, -0.1) is 0 Å². The van der Waals surface area contributed by atoms with Gasteiger partial charge in [0.05, 0.1) is 17.6 Å². The van der Waals surface area contributed by atoms with Gasteiger partial charge in [0.15, 0.2) is 0 Å². The van der Waals surface area contributed by atoms with Gasteiger partial charge in [-0.3, -0.25) is 10.1 Å². The second-order valence-corrected chi connectivity index (χ2v) is 3.59. The predicted molar refractivity (Wildman–Crippen MR) is 61.5 cm³/mol. The van der Waals surface area contributed by atoms with E-state index in [4.69, 9.17) is 4.74 Å². The number of benzene rings is 1. The lowest BCUT2D eigenvalue weighted by atomic mass is 10.2. The highest BCUT2D eigenvalue weighted by Crippen LogP contribution is 2.26. The minimum absolute atomic E-state index is 0.0977. The Balaban J connectivity index is 2.94.